The maximum absolute atomic E-state index is 10.9. The van der Waals surface area contributed by atoms with Gasteiger partial charge in [-0.25, -0.2) is 0 Å². The summed E-state index contributed by atoms with van der Waals surface area (Å²) in [4.78, 5) is 31.4. The summed E-state index contributed by atoms with van der Waals surface area (Å²) in [7, 11) is 0. The Morgan fingerprint density at radius 1 is 1.13 bits per heavy atom. The number of hydrogen-bond acceptors (Lipinski definition) is 4. The summed E-state index contributed by atoms with van der Waals surface area (Å²) < 4.78 is 0. The van der Waals surface area contributed by atoms with Crippen LogP contribution in [0, 0.1) is 10.1 Å². The van der Waals surface area contributed by atoms with E-state index in [1.807, 2.05) is 0 Å². The number of benzene rings is 1. The van der Waals surface area contributed by atoms with Crippen LogP contribution in [0.15, 0.2) is 18.2 Å². The van der Waals surface area contributed by atoms with Crippen LogP contribution in [0.4, 0.5) is 5.69 Å². The second-order valence-corrected chi connectivity index (χ2v) is 3.22. The largest absolute Gasteiger partial charge is 0.276 e. The van der Waals surface area contributed by atoms with E-state index in [-0.39, 0.29) is 16.8 Å². The van der Waals surface area contributed by atoms with Gasteiger partial charge in [0.1, 0.15) is 0 Å². The molecule has 7 heteroatoms. The van der Waals surface area contributed by atoms with Gasteiger partial charge in [-0.3, -0.25) is 19.7 Å². The molecule has 0 radical (unpaired) electrons. The predicted molar refractivity (Wildman–Crippen MR) is 53.5 cm³/mol. The minimum absolute atomic E-state index is 0.151. The van der Waals surface area contributed by atoms with Crippen LogP contribution >= 0.6 is 23.2 Å². The number of rotatable bonds is 3. The molecule has 1 rings (SSSR count). The molecule has 0 aromatic heterocycles. The van der Waals surface area contributed by atoms with E-state index in [1.54, 1.807) is 0 Å². The standard InChI is InChI=1S/C8H3Cl2NO4/c9-7(12)5-2-1-4(11(14)15)3-6(5)8(10)13/h1-3H. The number of carbonyl (C=O) groups excluding carboxylic acids is 2. The van der Waals surface area contributed by atoms with Crippen molar-refractivity contribution in [2.24, 2.45) is 0 Å². The molecule has 0 aliphatic heterocycles. The summed E-state index contributed by atoms with van der Waals surface area (Å²) in [5.41, 5.74) is -0.756. The van der Waals surface area contributed by atoms with Crippen LogP contribution in [-0.4, -0.2) is 15.4 Å². The number of carbonyl (C=O) groups is 2. The Labute approximate surface area is 93.7 Å². The first-order valence-corrected chi connectivity index (χ1v) is 4.37. The van der Waals surface area contributed by atoms with E-state index in [1.165, 1.54) is 0 Å². The van der Waals surface area contributed by atoms with Crippen molar-refractivity contribution in [2.75, 3.05) is 0 Å². The van der Waals surface area contributed by atoms with Crippen LogP contribution in [0.2, 0.25) is 0 Å². The highest BCUT2D eigenvalue weighted by Crippen LogP contribution is 2.20. The monoisotopic (exact) mass is 247 g/mol. The van der Waals surface area contributed by atoms with Crippen molar-refractivity contribution in [1.82, 2.24) is 0 Å². The number of nitro benzene ring substituents is 1. The fourth-order valence-corrected chi connectivity index (χ4v) is 1.30. The van der Waals surface area contributed by atoms with Crippen LogP contribution in [0.25, 0.3) is 0 Å². The lowest BCUT2D eigenvalue weighted by Gasteiger charge is -2.00. The van der Waals surface area contributed by atoms with E-state index in [0.717, 1.165) is 18.2 Å². The van der Waals surface area contributed by atoms with E-state index >= 15 is 0 Å². The van der Waals surface area contributed by atoms with Gasteiger partial charge in [0, 0.05) is 17.7 Å². The smallest absolute Gasteiger partial charge is 0.270 e. The molecule has 0 spiro atoms. The summed E-state index contributed by atoms with van der Waals surface area (Å²) >= 11 is 10.3. The molecule has 0 amide bonds. The highest BCUT2D eigenvalue weighted by Gasteiger charge is 2.18. The van der Waals surface area contributed by atoms with Crippen LogP contribution in [0.3, 0.4) is 0 Å². The van der Waals surface area contributed by atoms with Gasteiger partial charge in [-0.1, -0.05) is 0 Å². The van der Waals surface area contributed by atoms with Crippen molar-refractivity contribution in [3.05, 3.63) is 39.4 Å². The third-order valence-electron chi connectivity index (χ3n) is 1.64. The third-order valence-corrected chi connectivity index (χ3v) is 2.04. The normalized spacial score (nSPS) is 9.73. The summed E-state index contributed by atoms with van der Waals surface area (Å²) in [5, 5.41) is 8.53. The molecule has 0 bridgehead atoms. The highest BCUT2D eigenvalue weighted by atomic mass is 35.5. The first-order valence-electron chi connectivity index (χ1n) is 3.61. The fraction of sp³-hybridized carbons (Fsp3) is 0. The summed E-state index contributed by atoms with van der Waals surface area (Å²) in [6, 6.07) is 3.06. The summed E-state index contributed by atoms with van der Waals surface area (Å²) in [6.07, 6.45) is 0. The number of hydrogen-bond donors (Lipinski definition) is 0. The van der Waals surface area contributed by atoms with Gasteiger partial charge in [0.05, 0.1) is 10.5 Å². The number of non-ortho nitro benzene ring substituents is 1. The lowest BCUT2D eigenvalue weighted by molar-refractivity contribution is -0.384. The maximum atomic E-state index is 10.9. The topological polar surface area (TPSA) is 77.3 Å². The van der Waals surface area contributed by atoms with E-state index < -0.39 is 15.4 Å². The van der Waals surface area contributed by atoms with E-state index in [4.69, 9.17) is 23.2 Å². The molecule has 1 aromatic rings. The van der Waals surface area contributed by atoms with Crippen LogP contribution in [-0.2, 0) is 0 Å². The van der Waals surface area contributed by atoms with Crippen molar-refractivity contribution in [1.29, 1.82) is 0 Å². The Morgan fingerprint density at radius 2 is 1.67 bits per heavy atom. The average molecular weight is 248 g/mol. The average Bonchev–Trinajstić information content (AvgIpc) is 2.16. The lowest BCUT2D eigenvalue weighted by atomic mass is 10.1. The molecule has 15 heavy (non-hydrogen) atoms. The molecule has 0 atom stereocenters. The summed E-state index contributed by atoms with van der Waals surface area (Å²) in [6.45, 7) is 0. The van der Waals surface area contributed by atoms with Crippen molar-refractivity contribution >= 4 is 39.4 Å². The molecule has 0 saturated heterocycles. The molecule has 5 nitrogen and oxygen atoms in total. The molecule has 0 N–H and O–H groups in total. The van der Waals surface area contributed by atoms with Gasteiger partial charge < -0.3 is 0 Å². The van der Waals surface area contributed by atoms with E-state index in [9.17, 15) is 19.7 Å². The molecule has 0 saturated carbocycles. The Kier molecular flexibility index (Phi) is 3.39. The van der Waals surface area contributed by atoms with Gasteiger partial charge in [-0.2, -0.15) is 0 Å². The minimum atomic E-state index is -0.970. The molecule has 0 unspecified atom stereocenters. The van der Waals surface area contributed by atoms with Gasteiger partial charge in [0.2, 0.25) is 0 Å². The van der Waals surface area contributed by atoms with E-state index in [2.05, 4.69) is 0 Å². The van der Waals surface area contributed by atoms with Gasteiger partial charge in [-0.05, 0) is 29.3 Å². The minimum Gasteiger partial charge on any atom is -0.276 e. The van der Waals surface area contributed by atoms with Gasteiger partial charge in [0.25, 0.3) is 16.2 Å². The zero-order chi connectivity index (χ0) is 11.6. The van der Waals surface area contributed by atoms with Crippen molar-refractivity contribution in [2.45, 2.75) is 0 Å². The molecular weight excluding hydrogens is 245 g/mol. The fourth-order valence-electron chi connectivity index (χ4n) is 0.980. The highest BCUT2D eigenvalue weighted by molar-refractivity contribution is 6.72. The van der Waals surface area contributed by atoms with Crippen LogP contribution < -0.4 is 0 Å². The Balaban J connectivity index is 3.40. The van der Waals surface area contributed by atoms with Gasteiger partial charge in [-0.15, -0.1) is 0 Å². The lowest BCUT2D eigenvalue weighted by Crippen LogP contribution is -2.02. The molecule has 0 aliphatic rings. The van der Waals surface area contributed by atoms with Crippen molar-refractivity contribution in [3.8, 4) is 0 Å². The molecule has 78 valence electrons. The van der Waals surface area contributed by atoms with Gasteiger partial charge >= 0.3 is 0 Å². The third kappa shape index (κ3) is 2.51. The zero-order valence-corrected chi connectivity index (χ0v) is 8.58. The quantitative estimate of drug-likeness (QED) is 0.467. The second kappa shape index (κ2) is 4.37. The molecule has 0 heterocycles. The maximum Gasteiger partial charge on any atom is 0.270 e. The molecule has 0 aliphatic carbocycles. The number of nitrogens with zero attached hydrogens (tertiary/aromatic N) is 1. The SMILES string of the molecule is O=C(Cl)c1ccc([N+](=O)[O-])cc1C(=O)Cl. The summed E-state index contributed by atoms with van der Waals surface area (Å²) in [5.74, 6) is 0. The van der Waals surface area contributed by atoms with Crippen molar-refractivity contribution in [3.63, 3.8) is 0 Å². The number of nitro groups is 1. The zero-order valence-electron chi connectivity index (χ0n) is 7.07. The molecular formula is C8H3Cl2NO4. The second-order valence-electron chi connectivity index (χ2n) is 2.53. The Morgan fingerprint density at radius 3 is 2.07 bits per heavy atom. The van der Waals surface area contributed by atoms with Crippen LogP contribution in [0.1, 0.15) is 20.7 Å². The van der Waals surface area contributed by atoms with Crippen LogP contribution in [0.5, 0.6) is 0 Å². The predicted octanol–water partition coefficient (Wildman–Crippen LogP) is 2.35. The van der Waals surface area contributed by atoms with Gasteiger partial charge in [0.15, 0.2) is 0 Å². The first kappa shape index (κ1) is 11.6. The Hall–Kier alpha value is -1.46. The van der Waals surface area contributed by atoms with Crippen molar-refractivity contribution < 1.29 is 14.5 Å². The molecule has 1 aromatic carbocycles. The molecule has 0 fully saturated rings. The van der Waals surface area contributed by atoms with E-state index in [0.29, 0.717) is 0 Å². The Bertz CT molecular complexity index is 458. The first-order chi connectivity index (χ1) is 6.93. The number of halogens is 2.